The molecular formula is C25H16F4N2O5. The summed E-state index contributed by atoms with van der Waals surface area (Å²) in [7, 11) is 1.12. The van der Waals surface area contributed by atoms with E-state index in [4.69, 9.17) is 0 Å². The number of halogens is 4. The number of aromatic carboxylic acids is 1. The molecule has 0 aliphatic heterocycles. The van der Waals surface area contributed by atoms with Gasteiger partial charge >= 0.3 is 18.1 Å². The summed E-state index contributed by atoms with van der Waals surface area (Å²) in [4.78, 5) is 36.7. The first-order valence-electron chi connectivity index (χ1n) is 10.3. The van der Waals surface area contributed by atoms with Crippen LogP contribution in [0.2, 0.25) is 0 Å². The maximum absolute atomic E-state index is 15.0. The first-order valence-corrected chi connectivity index (χ1v) is 10.3. The van der Waals surface area contributed by atoms with E-state index in [9.17, 15) is 32.7 Å². The van der Waals surface area contributed by atoms with Crippen molar-refractivity contribution < 1.29 is 41.8 Å². The first-order chi connectivity index (χ1) is 16.9. The number of rotatable bonds is 4. The van der Waals surface area contributed by atoms with Gasteiger partial charge in [-0.15, -0.1) is 0 Å². The van der Waals surface area contributed by atoms with Crippen molar-refractivity contribution in [3.63, 3.8) is 0 Å². The smallest absolute Gasteiger partial charge is 0.417 e. The van der Waals surface area contributed by atoms with Crippen molar-refractivity contribution in [3.05, 3.63) is 88.2 Å². The number of carbonyl (C=O) groups excluding carboxylic acids is 2. The maximum Gasteiger partial charge on any atom is 0.417 e. The fraction of sp³-hybridized carbons (Fsp3) is 0.120. The Hall–Kier alpha value is -4.54. The third kappa shape index (κ3) is 4.19. The van der Waals surface area contributed by atoms with Crippen LogP contribution in [0.1, 0.15) is 42.2 Å². The van der Waals surface area contributed by atoms with Crippen molar-refractivity contribution in [1.82, 2.24) is 9.78 Å². The van der Waals surface area contributed by atoms with Gasteiger partial charge in [0.15, 0.2) is 0 Å². The number of aryl methyl sites for hydroxylation is 1. The lowest BCUT2D eigenvalue weighted by Gasteiger charge is -2.14. The molecule has 3 aromatic carbocycles. The van der Waals surface area contributed by atoms with Crippen LogP contribution in [0.25, 0.3) is 22.2 Å². The van der Waals surface area contributed by atoms with Gasteiger partial charge < -0.3 is 9.84 Å². The van der Waals surface area contributed by atoms with E-state index in [1.54, 1.807) is 0 Å². The third-order valence-corrected chi connectivity index (χ3v) is 5.56. The molecule has 0 spiro atoms. The van der Waals surface area contributed by atoms with E-state index in [0.29, 0.717) is 4.68 Å². The standard InChI is InChI=1S/C25H16F4N2O5/c1-12-4-3-5-17(25(27,28)29)20(12)22(32)31-19-11-13(23(33)34)6-9-16(19)21(30-31)15-8-7-14(10-18(15)26)24(35)36-2/h3-11H,1-2H3,(H,33,34). The van der Waals surface area contributed by atoms with Crippen molar-refractivity contribution in [2.45, 2.75) is 13.1 Å². The number of benzene rings is 3. The number of nitrogens with zero attached hydrogens (tertiary/aromatic N) is 2. The summed E-state index contributed by atoms with van der Waals surface area (Å²) in [5.74, 6) is -4.23. The van der Waals surface area contributed by atoms with E-state index in [1.165, 1.54) is 37.3 Å². The second-order valence-electron chi connectivity index (χ2n) is 7.78. The van der Waals surface area contributed by atoms with E-state index >= 15 is 4.39 Å². The molecule has 1 heterocycles. The summed E-state index contributed by atoms with van der Waals surface area (Å²) in [6.45, 7) is 1.32. The van der Waals surface area contributed by atoms with Crippen molar-refractivity contribution >= 4 is 28.7 Å². The zero-order chi connectivity index (χ0) is 26.4. The predicted molar refractivity (Wildman–Crippen MR) is 119 cm³/mol. The van der Waals surface area contributed by atoms with Gasteiger partial charge in [-0.2, -0.15) is 23.0 Å². The molecule has 11 heteroatoms. The van der Waals surface area contributed by atoms with E-state index in [-0.39, 0.29) is 38.9 Å². The lowest BCUT2D eigenvalue weighted by atomic mass is 10.0. The maximum atomic E-state index is 15.0. The molecule has 0 radical (unpaired) electrons. The van der Waals surface area contributed by atoms with Crippen LogP contribution in [-0.2, 0) is 10.9 Å². The normalized spacial score (nSPS) is 11.5. The van der Waals surface area contributed by atoms with Crippen LogP contribution in [0.3, 0.4) is 0 Å². The molecule has 0 aliphatic rings. The molecule has 0 bridgehead atoms. The number of alkyl halides is 3. The van der Waals surface area contributed by atoms with Crippen LogP contribution in [0, 0.1) is 12.7 Å². The zero-order valence-corrected chi connectivity index (χ0v) is 18.7. The van der Waals surface area contributed by atoms with Crippen LogP contribution in [0.5, 0.6) is 0 Å². The Morgan fingerprint density at radius 3 is 2.31 bits per heavy atom. The molecule has 0 saturated carbocycles. The van der Waals surface area contributed by atoms with Crippen LogP contribution in [0.4, 0.5) is 17.6 Å². The number of carboxylic acid groups (broad SMARTS) is 1. The minimum absolute atomic E-state index is 0.0167. The van der Waals surface area contributed by atoms with E-state index < -0.39 is 41.0 Å². The van der Waals surface area contributed by atoms with Gasteiger partial charge in [-0.25, -0.2) is 14.0 Å². The molecule has 0 aliphatic carbocycles. The SMILES string of the molecule is COC(=O)c1ccc(-c2nn(C(=O)c3c(C)cccc3C(F)(F)F)c3cc(C(=O)O)ccc23)c(F)c1. The zero-order valence-electron chi connectivity index (χ0n) is 18.7. The molecule has 4 aromatic rings. The van der Waals surface area contributed by atoms with E-state index in [1.807, 2.05) is 0 Å². The molecule has 7 nitrogen and oxygen atoms in total. The Kier molecular flexibility index (Phi) is 6.09. The molecule has 0 unspecified atom stereocenters. The molecule has 0 amide bonds. The number of hydrogen-bond donors (Lipinski definition) is 1. The number of fused-ring (bicyclic) bond motifs is 1. The quantitative estimate of drug-likeness (QED) is 0.300. The average Bonchev–Trinajstić information content (AvgIpc) is 3.21. The molecule has 1 N–H and O–H groups in total. The van der Waals surface area contributed by atoms with Gasteiger partial charge in [-0.3, -0.25) is 4.79 Å². The lowest BCUT2D eigenvalue weighted by molar-refractivity contribution is -0.138. The van der Waals surface area contributed by atoms with Gasteiger partial charge in [0.05, 0.1) is 34.9 Å². The van der Waals surface area contributed by atoms with Gasteiger partial charge in [0.2, 0.25) is 0 Å². The molecule has 4 rings (SSSR count). The van der Waals surface area contributed by atoms with Crippen molar-refractivity contribution in [2.24, 2.45) is 0 Å². The summed E-state index contributed by atoms with van der Waals surface area (Å²) in [6, 6.07) is 10.1. The number of ether oxygens (including phenoxy) is 1. The molecule has 0 atom stereocenters. The molecule has 0 saturated heterocycles. The Balaban J connectivity index is 2.00. The van der Waals surface area contributed by atoms with Crippen LogP contribution in [-0.4, -0.2) is 39.8 Å². The number of hydrogen-bond acceptors (Lipinski definition) is 5. The number of aromatic nitrogens is 2. The summed E-state index contributed by atoms with van der Waals surface area (Å²) in [6.07, 6.45) is -4.86. The Bertz CT molecular complexity index is 1560. The summed E-state index contributed by atoms with van der Waals surface area (Å²) < 4.78 is 61.3. The van der Waals surface area contributed by atoms with E-state index in [2.05, 4.69) is 9.84 Å². The van der Waals surface area contributed by atoms with Crippen molar-refractivity contribution in [3.8, 4) is 11.3 Å². The van der Waals surface area contributed by atoms with Crippen molar-refractivity contribution in [2.75, 3.05) is 7.11 Å². The molecule has 184 valence electrons. The second-order valence-corrected chi connectivity index (χ2v) is 7.78. The highest BCUT2D eigenvalue weighted by atomic mass is 19.4. The molecular weight excluding hydrogens is 484 g/mol. The van der Waals surface area contributed by atoms with E-state index in [0.717, 1.165) is 31.4 Å². The average molecular weight is 500 g/mol. The number of carboxylic acids is 1. The summed E-state index contributed by atoms with van der Waals surface area (Å²) in [5.41, 5.74) is -2.64. The summed E-state index contributed by atoms with van der Waals surface area (Å²) in [5, 5.41) is 13.6. The highest BCUT2D eigenvalue weighted by Crippen LogP contribution is 2.36. The topological polar surface area (TPSA) is 98.5 Å². The Morgan fingerprint density at radius 2 is 1.69 bits per heavy atom. The fourth-order valence-corrected chi connectivity index (χ4v) is 3.85. The van der Waals surface area contributed by atoms with Gasteiger partial charge in [-0.05, 0) is 55.0 Å². The second kappa shape index (κ2) is 8.91. The first kappa shape index (κ1) is 24.6. The third-order valence-electron chi connectivity index (χ3n) is 5.56. The molecule has 1 aromatic heterocycles. The highest BCUT2D eigenvalue weighted by molar-refractivity contribution is 6.07. The Morgan fingerprint density at radius 1 is 1.00 bits per heavy atom. The lowest BCUT2D eigenvalue weighted by Crippen LogP contribution is -2.21. The number of carbonyl (C=O) groups is 3. The number of methoxy groups -OCH3 is 1. The van der Waals surface area contributed by atoms with Gasteiger partial charge in [0.1, 0.15) is 11.5 Å². The predicted octanol–water partition coefficient (Wildman–Crippen LogP) is 5.34. The fourth-order valence-electron chi connectivity index (χ4n) is 3.85. The minimum atomic E-state index is -4.86. The minimum Gasteiger partial charge on any atom is -0.478 e. The van der Waals surface area contributed by atoms with Gasteiger partial charge in [-0.1, -0.05) is 12.1 Å². The van der Waals surface area contributed by atoms with Gasteiger partial charge in [0.25, 0.3) is 5.91 Å². The molecule has 0 fully saturated rings. The largest absolute Gasteiger partial charge is 0.478 e. The molecule has 36 heavy (non-hydrogen) atoms. The van der Waals surface area contributed by atoms with Crippen LogP contribution >= 0.6 is 0 Å². The van der Waals surface area contributed by atoms with Crippen LogP contribution < -0.4 is 0 Å². The van der Waals surface area contributed by atoms with Gasteiger partial charge in [0, 0.05) is 10.9 Å². The van der Waals surface area contributed by atoms with Crippen LogP contribution in [0.15, 0.2) is 54.6 Å². The van der Waals surface area contributed by atoms with Crippen molar-refractivity contribution in [1.29, 1.82) is 0 Å². The Labute approximate surface area is 200 Å². The monoisotopic (exact) mass is 500 g/mol. The number of esters is 1. The summed E-state index contributed by atoms with van der Waals surface area (Å²) >= 11 is 0. The highest BCUT2D eigenvalue weighted by Gasteiger charge is 2.37.